The van der Waals surface area contributed by atoms with Gasteiger partial charge in [-0.15, -0.1) is 0 Å². The lowest BCUT2D eigenvalue weighted by Gasteiger charge is -2.08. The summed E-state index contributed by atoms with van der Waals surface area (Å²) < 4.78 is 9.79. The molecule has 1 heterocycles. The van der Waals surface area contributed by atoms with Gasteiger partial charge in [-0.05, 0) is 25.0 Å². The number of carbonyl (C=O) groups excluding carboxylic acids is 1. The number of amides is 2. The summed E-state index contributed by atoms with van der Waals surface area (Å²) in [5.41, 5.74) is 5.96. The van der Waals surface area contributed by atoms with Crippen molar-refractivity contribution in [1.82, 2.24) is 20.1 Å². The molecule has 0 unspecified atom stereocenters. The van der Waals surface area contributed by atoms with Crippen molar-refractivity contribution >= 4 is 28.7 Å². The molecule has 0 spiro atoms. The molecule has 10 heteroatoms. The van der Waals surface area contributed by atoms with Gasteiger partial charge >= 0.3 is 12.0 Å². The van der Waals surface area contributed by atoms with Crippen molar-refractivity contribution in [1.29, 1.82) is 0 Å². The van der Waals surface area contributed by atoms with Gasteiger partial charge < -0.3 is 15.2 Å². The van der Waals surface area contributed by atoms with E-state index in [1.807, 2.05) is 0 Å². The Morgan fingerprint density at radius 1 is 1.06 bits per heavy atom. The van der Waals surface area contributed by atoms with Crippen molar-refractivity contribution in [2.45, 2.75) is 58.3 Å². The van der Waals surface area contributed by atoms with Crippen LogP contribution in [0.3, 0.4) is 0 Å². The Morgan fingerprint density at radius 2 is 1.81 bits per heavy atom. The lowest BCUT2D eigenvalue weighted by Crippen LogP contribution is -2.39. The molecule has 2 amide bonds. The summed E-state index contributed by atoms with van der Waals surface area (Å²) >= 11 is 1.07. The largest absolute Gasteiger partial charge is 0.478 e. The van der Waals surface area contributed by atoms with Crippen LogP contribution in [0.4, 0.5) is 9.93 Å². The quantitative estimate of drug-likeness (QED) is 0.210. The molecule has 2 rings (SSSR count). The average molecular weight is 464 g/mol. The number of aromatic nitrogens is 2. The number of nitrogens with zero attached hydrogens (tertiary/aromatic N) is 2. The summed E-state index contributed by atoms with van der Waals surface area (Å²) in [5.74, 6) is -0.622. The number of anilines is 1. The van der Waals surface area contributed by atoms with E-state index in [4.69, 9.17) is 9.84 Å². The molecular formula is C22H33N5O4S. The molecule has 32 heavy (non-hydrogen) atoms. The van der Waals surface area contributed by atoms with E-state index in [0.717, 1.165) is 31.0 Å². The predicted molar refractivity (Wildman–Crippen MR) is 126 cm³/mol. The summed E-state index contributed by atoms with van der Waals surface area (Å²) in [7, 11) is 0. The van der Waals surface area contributed by atoms with E-state index in [-0.39, 0.29) is 11.6 Å². The maximum atomic E-state index is 11.9. The zero-order valence-electron chi connectivity index (χ0n) is 18.6. The van der Waals surface area contributed by atoms with Gasteiger partial charge in [-0.2, -0.15) is 9.36 Å². The molecule has 176 valence electrons. The molecule has 0 saturated carbocycles. The number of carboxylic acid groups (broad SMARTS) is 1. The third-order valence-electron chi connectivity index (χ3n) is 4.72. The number of hydrogen-bond donors (Lipinski definition) is 4. The highest BCUT2D eigenvalue weighted by Gasteiger charge is 2.10. The lowest BCUT2D eigenvalue weighted by molar-refractivity contribution is 0.0697. The molecule has 0 saturated heterocycles. The van der Waals surface area contributed by atoms with Gasteiger partial charge in [0.1, 0.15) is 0 Å². The van der Waals surface area contributed by atoms with Crippen molar-refractivity contribution in [3.8, 4) is 11.4 Å². The first-order valence-corrected chi connectivity index (χ1v) is 11.9. The molecule has 0 atom stereocenters. The van der Waals surface area contributed by atoms with Crippen LogP contribution < -0.4 is 16.2 Å². The second-order valence-electron chi connectivity index (χ2n) is 7.40. The number of urea groups is 1. The molecular weight excluding hydrogens is 430 g/mol. The van der Waals surface area contributed by atoms with Crippen LogP contribution in [0.5, 0.6) is 0 Å². The van der Waals surface area contributed by atoms with Gasteiger partial charge in [0.15, 0.2) is 5.82 Å². The highest BCUT2D eigenvalue weighted by Crippen LogP contribution is 2.21. The summed E-state index contributed by atoms with van der Waals surface area (Å²) in [5, 5.41) is 12.2. The van der Waals surface area contributed by atoms with E-state index < -0.39 is 5.97 Å². The zero-order chi connectivity index (χ0) is 23.0. The fourth-order valence-electron chi connectivity index (χ4n) is 2.98. The normalized spacial score (nSPS) is 10.7. The highest BCUT2D eigenvalue weighted by molar-refractivity contribution is 7.09. The fraction of sp³-hybridized carbons (Fsp3) is 0.545. The Hall–Kier alpha value is -2.72. The van der Waals surface area contributed by atoms with Crippen LogP contribution in [0.2, 0.25) is 0 Å². The van der Waals surface area contributed by atoms with Gasteiger partial charge in [0.25, 0.3) is 0 Å². The van der Waals surface area contributed by atoms with Crippen LogP contribution in [-0.2, 0) is 4.74 Å². The number of rotatable bonds is 16. The first kappa shape index (κ1) is 25.5. The molecule has 0 aliphatic rings. The minimum Gasteiger partial charge on any atom is -0.478 e. The van der Waals surface area contributed by atoms with Crippen molar-refractivity contribution in [3.63, 3.8) is 0 Å². The van der Waals surface area contributed by atoms with Crippen LogP contribution in [0, 0.1) is 0 Å². The highest BCUT2D eigenvalue weighted by atomic mass is 32.1. The third-order valence-corrected chi connectivity index (χ3v) is 5.35. The molecule has 0 radical (unpaired) electrons. The van der Waals surface area contributed by atoms with E-state index in [9.17, 15) is 9.59 Å². The first-order chi connectivity index (χ1) is 15.6. The van der Waals surface area contributed by atoms with E-state index in [2.05, 4.69) is 32.4 Å². The smallest absolute Gasteiger partial charge is 0.335 e. The molecule has 1 aromatic heterocycles. The van der Waals surface area contributed by atoms with Crippen LogP contribution in [0.1, 0.15) is 68.6 Å². The Balaban J connectivity index is 1.53. The zero-order valence-corrected chi connectivity index (χ0v) is 19.4. The predicted octanol–water partition coefficient (Wildman–Crippen LogP) is 4.69. The van der Waals surface area contributed by atoms with Crippen LogP contribution in [0.15, 0.2) is 24.3 Å². The average Bonchev–Trinajstić information content (AvgIpc) is 3.27. The monoisotopic (exact) mass is 463 g/mol. The van der Waals surface area contributed by atoms with Crippen LogP contribution in [-0.4, -0.2) is 46.2 Å². The topological polar surface area (TPSA) is 125 Å². The summed E-state index contributed by atoms with van der Waals surface area (Å²) in [6.45, 7) is 4.13. The molecule has 2 aromatic rings. The second-order valence-corrected chi connectivity index (χ2v) is 8.15. The Kier molecular flexibility index (Phi) is 12.1. The van der Waals surface area contributed by atoms with Gasteiger partial charge in [-0.1, -0.05) is 57.6 Å². The van der Waals surface area contributed by atoms with Gasteiger partial charge in [-0.25, -0.2) is 15.0 Å². The molecule has 4 N–H and O–H groups in total. The van der Waals surface area contributed by atoms with E-state index in [1.165, 1.54) is 50.7 Å². The van der Waals surface area contributed by atoms with Gasteiger partial charge in [0.2, 0.25) is 5.13 Å². The van der Waals surface area contributed by atoms with Crippen LogP contribution in [0.25, 0.3) is 11.4 Å². The standard InChI is InChI=1S/C22H33N5O4S/c1-2-3-4-5-6-7-8-14-31-15-10-13-23-21(30)25-26-22-24-19(27-32-22)17-11-9-12-18(16-17)20(28)29/h9,11-12,16H,2-8,10,13-15H2,1H3,(H,28,29)(H2,23,25,30)(H,24,26,27). The van der Waals surface area contributed by atoms with Crippen molar-refractivity contribution in [3.05, 3.63) is 29.8 Å². The second kappa shape index (κ2) is 15.1. The lowest BCUT2D eigenvalue weighted by atomic mass is 10.1. The van der Waals surface area contributed by atoms with Gasteiger partial charge in [0.05, 0.1) is 5.56 Å². The minimum atomic E-state index is -1.01. The number of aromatic carboxylic acids is 1. The fourth-order valence-corrected chi connectivity index (χ4v) is 3.52. The minimum absolute atomic E-state index is 0.163. The Bertz CT molecular complexity index is 830. The molecule has 0 aliphatic carbocycles. The number of ether oxygens (including phenoxy) is 1. The first-order valence-electron chi connectivity index (χ1n) is 11.1. The summed E-state index contributed by atoms with van der Waals surface area (Å²) in [4.78, 5) is 27.2. The molecule has 0 aliphatic heterocycles. The molecule has 0 fully saturated rings. The Morgan fingerprint density at radius 3 is 2.59 bits per heavy atom. The number of hydrazine groups is 1. The van der Waals surface area contributed by atoms with Crippen molar-refractivity contribution < 1.29 is 19.4 Å². The molecule has 1 aromatic carbocycles. The number of carboxylic acids is 1. The number of nitrogens with one attached hydrogen (secondary N) is 3. The number of hydrogen-bond acceptors (Lipinski definition) is 7. The Labute approximate surface area is 193 Å². The van der Waals surface area contributed by atoms with Crippen molar-refractivity contribution in [2.75, 3.05) is 25.2 Å². The van der Waals surface area contributed by atoms with Crippen molar-refractivity contribution in [2.24, 2.45) is 0 Å². The van der Waals surface area contributed by atoms with Gasteiger partial charge in [-0.3, -0.25) is 5.43 Å². The summed E-state index contributed by atoms with van der Waals surface area (Å²) in [6.07, 6.45) is 9.59. The third kappa shape index (κ3) is 10.1. The number of carbonyl (C=O) groups is 2. The maximum absolute atomic E-state index is 11.9. The molecule has 9 nitrogen and oxygen atoms in total. The van der Waals surface area contributed by atoms with E-state index >= 15 is 0 Å². The van der Waals surface area contributed by atoms with Gasteiger partial charge in [0, 0.05) is 36.9 Å². The van der Waals surface area contributed by atoms with Crippen LogP contribution >= 0.6 is 11.5 Å². The SMILES string of the molecule is CCCCCCCCCOCCCNC(=O)NNc1nc(-c2cccc(C(=O)O)c2)ns1. The molecule has 0 bridgehead atoms. The van der Waals surface area contributed by atoms with E-state index in [1.54, 1.807) is 12.1 Å². The maximum Gasteiger partial charge on any atom is 0.335 e. The number of benzene rings is 1. The number of unbranched alkanes of at least 4 members (excludes halogenated alkanes) is 6. The van der Waals surface area contributed by atoms with E-state index in [0.29, 0.717) is 29.7 Å². The summed E-state index contributed by atoms with van der Waals surface area (Å²) in [6, 6.07) is 6.00.